The fourth-order valence-corrected chi connectivity index (χ4v) is 3.50. The van der Waals surface area contributed by atoms with Crippen LogP contribution in [0.2, 0.25) is 0 Å². The molecule has 3 rings (SSSR count). The van der Waals surface area contributed by atoms with Crippen LogP contribution in [0.15, 0.2) is 23.3 Å². The Labute approximate surface area is 150 Å². The van der Waals surface area contributed by atoms with E-state index in [0.29, 0.717) is 6.04 Å². The van der Waals surface area contributed by atoms with Crippen molar-refractivity contribution in [3.63, 3.8) is 0 Å². The van der Waals surface area contributed by atoms with E-state index in [1.165, 1.54) is 12.0 Å². The molecule has 25 heavy (non-hydrogen) atoms. The number of hydrogen-bond donors (Lipinski definition) is 1. The number of aromatic nitrogens is 1. The molecule has 0 aromatic carbocycles. The molecule has 3 heterocycles. The molecule has 2 fully saturated rings. The standard InChI is InChI=1S/C18H30N6O/c1-19-18(21-13-15-4-6-20-17(12-15)22(2)3)24-7-5-16(14-24)23-8-10-25-11-9-23/h4,6,12,16H,5,7-11,13-14H2,1-3H3,(H,19,21). The topological polar surface area (TPSA) is 56.2 Å². The summed E-state index contributed by atoms with van der Waals surface area (Å²) in [4.78, 5) is 15.8. The van der Waals surface area contributed by atoms with Crippen LogP contribution in [0.4, 0.5) is 5.82 Å². The van der Waals surface area contributed by atoms with Crippen LogP contribution in [0, 0.1) is 0 Å². The Morgan fingerprint density at radius 2 is 2.16 bits per heavy atom. The molecule has 0 aliphatic carbocycles. The maximum Gasteiger partial charge on any atom is 0.193 e. The minimum Gasteiger partial charge on any atom is -0.379 e. The third-order valence-electron chi connectivity index (χ3n) is 4.96. The summed E-state index contributed by atoms with van der Waals surface area (Å²) in [6.45, 7) is 6.68. The largest absolute Gasteiger partial charge is 0.379 e. The van der Waals surface area contributed by atoms with Crippen LogP contribution in [0.5, 0.6) is 0 Å². The van der Waals surface area contributed by atoms with Crippen molar-refractivity contribution in [2.24, 2.45) is 4.99 Å². The molecule has 0 amide bonds. The van der Waals surface area contributed by atoms with Crippen LogP contribution in [0.3, 0.4) is 0 Å². The second-order valence-corrected chi connectivity index (χ2v) is 6.85. The van der Waals surface area contributed by atoms with Crippen molar-refractivity contribution in [1.29, 1.82) is 0 Å². The highest BCUT2D eigenvalue weighted by molar-refractivity contribution is 5.80. The molecule has 2 saturated heterocycles. The fraction of sp³-hybridized carbons (Fsp3) is 0.667. The van der Waals surface area contributed by atoms with Crippen LogP contribution in [0.1, 0.15) is 12.0 Å². The summed E-state index contributed by atoms with van der Waals surface area (Å²) in [5.41, 5.74) is 1.21. The molecule has 0 spiro atoms. The van der Waals surface area contributed by atoms with Crippen molar-refractivity contribution < 1.29 is 4.74 Å². The van der Waals surface area contributed by atoms with Gasteiger partial charge in [-0.2, -0.15) is 0 Å². The first-order valence-corrected chi connectivity index (χ1v) is 9.07. The Kier molecular flexibility index (Phi) is 6.09. The molecule has 138 valence electrons. The van der Waals surface area contributed by atoms with Crippen molar-refractivity contribution >= 4 is 11.8 Å². The SMILES string of the molecule is CN=C(NCc1ccnc(N(C)C)c1)N1CCC(N2CCOCC2)C1. The van der Waals surface area contributed by atoms with E-state index in [4.69, 9.17) is 4.74 Å². The van der Waals surface area contributed by atoms with Gasteiger partial charge in [0.05, 0.1) is 13.2 Å². The number of aliphatic imine (C=N–C) groups is 1. The Balaban J connectivity index is 1.54. The number of rotatable bonds is 4. The predicted molar refractivity (Wildman–Crippen MR) is 101 cm³/mol. The van der Waals surface area contributed by atoms with Gasteiger partial charge < -0.3 is 19.9 Å². The molecule has 0 saturated carbocycles. The highest BCUT2D eigenvalue weighted by atomic mass is 16.5. The minimum atomic E-state index is 0.615. The lowest BCUT2D eigenvalue weighted by Gasteiger charge is -2.32. The summed E-state index contributed by atoms with van der Waals surface area (Å²) < 4.78 is 5.47. The van der Waals surface area contributed by atoms with Crippen LogP contribution in [-0.4, -0.2) is 87.3 Å². The van der Waals surface area contributed by atoms with E-state index in [9.17, 15) is 0 Å². The predicted octanol–water partition coefficient (Wildman–Crippen LogP) is 0.630. The Morgan fingerprint density at radius 1 is 1.36 bits per heavy atom. The van der Waals surface area contributed by atoms with Gasteiger partial charge in [0.15, 0.2) is 5.96 Å². The van der Waals surface area contributed by atoms with E-state index in [1.54, 1.807) is 0 Å². The first kappa shape index (κ1) is 17.9. The summed E-state index contributed by atoms with van der Waals surface area (Å²) >= 11 is 0. The van der Waals surface area contributed by atoms with E-state index in [1.807, 2.05) is 38.3 Å². The molecule has 0 radical (unpaired) electrons. The van der Waals surface area contributed by atoms with Crippen molar-refractivity contribution in [3.05, 3.63) is 23.9 Å². The van der Waals surface area contributed by atoms with Gasteiger partial charge in [0.2, 0.25) is 0 Å². The van der Waals surface area contributed by atoms with Gasteiger partial charge in [0.1, 0.15) is 5.82 Å². The smallest absolute Gasteiger partial charge is 0.193 e. The normalized spacial score (nSPS) is 22.3. The average Bonchev–Trinajstić information content (AvgIpc) is 3.13. The molecule has 7 heteroatoms. The van der Waals surface area contributed by atoms with Gasteiger partial charge in [-0.15, -0.1) is 0 Å². The molecule has 2 aliphatic rings. The van der Waals surface area contributed by atoms with E-state index in [0.717, 1.165) is 57.7 Å². The van der Waals surface area contributed by atoms with Gasteiger partial charge in [-0.3, -0.25) is 9.89 Å². The zero-order chi connectivity index (χ0) is 17.6. The number of nitrogens with zero attached hydrogens (tertiary/aromatic N) is 5. The van der Waals surface area contributed by atoms with Crippen molar-refractivity contribution in [1.82, 2.24) is 20.1 Å². The Hall–Kier alpha value is -1.86. The molecule has 1 aromatic rings. The van der Waals surface area contributed by atoms with Gasteiger partial charge in [0, 0.05) is 66.1 Å². The third kappa shape index (κ3) is 4.61. The number of nitrogens with one attached hydrogen (secondary N) is 1. The zero-order valence-electron chi connectivity index (χ0n) is 15.6. The van der Waals surface area contributed by atoms with E-state index in [2.05, 4.69) is 31.2 Å². The van der Waals surface area contributed by atoms with Crippen LogP contribution in [0.25, 0.3) is 0 Å². The summed E-state index contributed by atoms with van der Waals surface area (Å²) in [5, 5.41) is 3.50. The molecule has 1 unspecified atom stereocenters. The molecule has 1 atom stereocenters. The lowest BCUT2D eigenvalue weighted by molar-refractivity contribution is 0.0195. The van der Waals surface area contributed by atoms with Crippen molar-refractivity contribution in [2.75, 3.05) is 65.4 Å². The van der Waals surface area contributed by atoms with E-state index in [-0.39, 0.29) is 0 Å². The summed E-state index contributed by atoms with van der Waals surface area (Å²) in [7, 11) is 5.88. The summed E-state index contributed by atoms with van der Waals surface area (Å²) in [6, 6.07) is 4.78. The number of ether oxygens (including phenoxy) is 1. The number of anilines is 1. The first-order chi connectivity index (χ1) is 12.2. The van der Waals surface area contributed by atoms with Gasteiger partial charge in [-0.05, 0) is 24.1 Å². The van der Waals surface area contributed by atoms with Gasteiger partial charge >= 0.3 is 0 Å². The molecular weight excluding hydrogens is 316 g/mol. The van der Waals surface area contributed by atoms with Crippen LogP contribution < -0.4 is 10.2 Å². The number of pyridine rings is 1. The number of morpholine rings is 1. The first-order valence-electron chi connectivity index (χ1n) is 9.07. The lowest BCUT2D eigenvalue weighted by atomic mass is 10.2. The number of hydrogen-bond acceptors (Lipinski definition) is 5. The molecule has 1 N–H and O–H groups in total. The van der Waals surface area contributed by atoms with E-state index < -0.39 is 0 Å². The maximum atomic E-state index is 5.47. The third-order valence-corrected chi connectivity index (χ3v) is 4.96. The molecule has 0 bridgehead atoms. The summed E-state index contributed by atoms with van der Waals surface area (Å²) in [5.74, 6) is 1.96. The highest BCUT2D eigenvalue weighted by Gasteiger charge is 2.30. The highest BCUT2D eigenvalue weighted by Crippen LogP contribution is 2.17. The quantitative estimate of drug-likeness (QED) is 0.638. The van der Waals surface area contributed by atoms with Crippen molar-refractivity contribution in [3.8, 4) is 0 Å². The second-order valence-electron chi connectivity index (χ2n) is 6.85. The Bertz CT molecular complexity index is 585. The fourth-order valence-electron chi connectivity index (χ4n) is 3.50. The van der Waals surface area contributed by atoms with Gasteiger partial charge in [-0.25, -0.2) is 4.98 Å². The molecule has 7 nitrogen and oxygen atoms in total. The van der Waals surface area contributed by atoms with Crippen LogP contribution in [-0.2, 0) is 11.3 Å². The molecule has 1 aromatic heterocycles. The number of likely N-dealkylation sites (tertiary alicyclic amines) is 1. The van der Waals surface area contributed by atoms with E-state index >= 15 is 0 Å². The molecular formula is C18H30N6O. The van der Waals surface area contributed by atoms with Crippen molar-refractivity contribution in [2.45, 2.75) is 19.0 Å². The summed E-state index contributed by atoms with van der Waals surface area (Å²) in [6.07, 6.45) is 3.06. The van der Waals surface area contributed by atoms with Crippen LogP contribution >= 0.6 is 0 Å². The maximum absolute atomic E-state index is 5.47. The number of guanidine groups is 1. The monoisotopic (exact) mass is 346 g/mol. The van der Waals surface area contributed by atoms with Gasteiger partial charge in [0.25, 0.3) is 0 Å². The average molecular weight is 346 g/mol. The van der Waals surface area contributed by atoms with Gasteiger partial charge in [-0.1, -0.05) is 0 Å². The minimum absolute atomic E-state index is 0.615. The molecule has 2 aliphatic heterocycles. The second kappa shape index (κ2) is 8.49. The zero-order valence-corrected chi connectivity index (χ0v) is 15.6. The lowest BCUT2D eigenvalue weighted by Crippen LogP contribution is -2.46. The Morgan fingerprint density at radius 3 is 2.88 bits per heavy atom.